The van der Waals surface area contributed by atoms with Gasteiger partial charge in [-0.3, -0.25) is 0 Å². The molecule has 1 rings (SSSR count). The summed E-state index contributed by atoms with van der Waals surface area (Å²) in [5.74, 6) is 0.0999. The molecular weight excluding hydrogens is 204 g/mol. The zero-order valence-corrected chi connectivity index (χ0v) is 9.93. The summed E-state index contributed by atoms with van der Waals surface area (Å²) in [6.07, 6.45) is 0.187. The minimum absolute atomic E-state index is 0.372. The van der Waals surface area contributed by atoms with Crippen LogP contribution in [-0.2, 0) is 4.79 Å². The largest absolute Gasteiger partial charge is 0.479 e. The molecular formula is C13H18O3. The first-order valence-corrected chi connectivity index (χ1v) is 5.54. The summed E-state index contributed by atoms with van der Waals surface area (Å²) < 4.78 is 5.43. The fraction of sp³-hybridized carbons (Fsp3) is 0.462. The smallest absolute Gasteiger partial charge is 0.344 e. The molecule has 0 aliphatic heterocycles. The van der Waals surface area contributed by atoms with E-state index in [4.69, 9.17) is 9.84 Å². The standard InChI is InChI=1S/C13H18O3/c1-4-9(2)11-7-5-6-8-12(11)16-10(3)13(14)15/h5-10H,4H2,1-3H3,(H,14,15)/t9-,10+/m0/s1. The van der Waals surface area contributed by atoms with Crippen LogP contribution in [-0.4, -0.2) is 17.2 Å². The minimum atomic E-state index is -0.945. The van der Waals surface area contributed by atoms with Gasteiger partial charge in [-0.25, -0.2) is 4.79 Å². The summed E-state index contributed by atoms with van der Waals surface area (Å²) in [5.41, 5.74) is 1.07. The molecule has 0 saturated carbocycles. The van der Waals surface area contributed by atoms with Gasteiger partial charge in [-0.05, 0) is 30.9 Å². The summed E-state index contributed by atoms with van der Waals surface area (Å²) in [4.78, 5) is 10.7. The molecule has 0 amide bonds. The maximum absolute atomic E-state index is 10.7. The number of rotatable bonds is 5. The average Bonchev–Trinajstić information content (AvgIpc) is 2.28. The zero-order valence-electron chi connectivity index (χ0n) is 9.93. The lowest BCUT2D eigenvalue weighted by Crippen LogP contribution is -2.23. The highest BCUT2D eigenvalue weighted by molar-refractivity contribution is 5.72. The molecule has 1 aromatic rings. The fourth-order valence-electron chi connectivity index (χ4n) is 1.46. The van der Waals surface area contributed by atoms with Gasteiger partial charge >= 0.3 is 5.97 Å². The van der Waals surface area contributed by atoms with E-state index in [1.807, 2.05) is 24.3 Å². The van der Waals surface area contributed by atoms with E-state index < -0.39 is 12.1 Å². The van der Waals surface area contributed by atoms with E-state index in [1.165, 1.54) is 6.92 Å². The summed E-state index contributed by atoms with van der Waals surface area (Å²) in [5, 5.41) is 8.81. The van der Waals surface area contributed by atoms with Gasteiger partial charge in [0.15, 0.2) is 6.10 Å². The summed E-state index contributed by atoms with van der Waals surface area (Å²) in [7, 11) is 0. The van der Waals surface area contributed by atoms with Crippen LogP contribution in [0.5, 0.6) is 5.75 Å². The Morgan fingerprint density at radius 3 is 2.56 bits per heavy atom. The van der Waals surface area contributed by atoms with Crippen LogP contribution >= 0.6 is 0 Å². The van der Waals surface area contributed by atoms with E-state index in [-0.39, 0.29) is 0 Å². The van der Waals surface area contributed by atoms with Crippen molar-refractivity contribution in [2.75, 3.05) is 0 Å². The second-order valence-electron chi connectivity index (χ2n) is 3.95. The molecule has 3 nitrogen and oxygen atoms in total. The number of carboxylic acid groups (broad SMARTS) is 1. The van der Waals surface area contributed by atoms with Crippen molar-refractivity contribution < 1.29 is 14.6 Å². The molecule has 0 spiro atoms. The first kappa shape index (κ1) is 12.6. The number of ether oxygens (including phenoxy) is 1. The minimum Gasteiger partial charge on any atom is -0.479 e. The Balaban J connectivity index is 2.90. The normalized spacial score (nSPS) is 14.2. The molecule has 0 fully saturated rings. The van der Waals surface area contributed by atoms with Crippen LogP contribution < -0.4 is 4.74 Å². The van der Waals surface area contributed by atoms with Crippen molar-refractivity contribution >= 4 is 5.97 Å². The Morgan fingerprint density at radius 2 is 2.00 bits per heavy atom. The molecule has 0 aliphatic rings. The maximum Gasteiger partial charge on any atom is 0.344 e. The second-order valence-corrected chi connectivity index (χ2v) is 3.95. The molecule has 0 unspecified atom stereocenters. The molecule has 1 N–H and O–H groups in total. The molecule has 88 valence electrons. The van der Waals surface area contributed by atoms with Crippen LogP contribution in [0.15, 0.2) is 24.3 Å². The van der Waals surface area contributed by atoms with Crippen LogP contribution in [0.1, 0.15) is 38.7 Å². The van der Waals surface area contributed by atoms with E-state index >= 15 is 0 Å². The van der Waals surface area contributed by atoms with E-state index in [9.17, 15) is 4.79 Å². The summed E-state index contributed by atoms with van der Waals surface area (Å²) in [6, 6.07) is 7.61. The third kappa shape index (κ3) is 2.99. The van der Waals surface area contributed by atoms with Crippen molar-refractivity contribution in [2.24, 2.45) is 0 Å². The van der Waals surface area contributed by atoms with Crippen molar-refractivity contribution in [1.82, 2.24) is 0 Å². The third-order valence-electron chi connectivity index (χ3n) is 2.71. The van der Waals surface area contributed by atoms with E-state index in [0.717, 1.165) is 12.0 Å². The number of benzene rings is 1. The number of para-hydroxylation sites is 1. The quantitative estimate of drug-likeness (QED) is 0.832. The molecule has 0 saturated heterocycles. The highest BCUT2D eigenvalue weighted by atomic mass is 16.5. The van der Waals surface area contributed by atoms with Gasteiger partial charge in [-0.15, -0.1) is 0 Å². The van der Waals surface area contributed by atoms with Crippen LogP contribution in [0.2, 0.25) is 0 Å². The lowest BCUT2D eigenvalue weighted by Gasteiger charge is -2.17. The van der Waals surface area contributed by atoms with Crippen molar-refractivity contribution in [2.45, 2.75) is 39.2 Å². The number of carbonyl (C=O) groups is 1. The Bertz CT molecular complexity index is 360. The molecule has 0 aromatic heterocycles. The molecule has 0 heterocycles. The Hall–Kier alpha value is -1.51. The number of aliphatic carboxylic acids is 1. The Morgan fingerprint density at radius 1 is 1.38 bits per heavy atom. The zero-order chi connectivity index (χ0) is 12.1. The predicted molar refractivity (Wildman–Crippen MR) is 62.9 cm³/mol. The molecule has 0 radical (unpaired) electrons. The average molecular weight is 222 g/mol. The lowest BCUT2D eigenvalue weighted by molar-refractivity contribution is -0.144. The van der Waals surface area contributed by atoms with Gasteiger partial charge in [0.2, 0.25) is 0 Å². The third-order valence-corrected chi connectivity index (χ3v) is 2.71. The first-order chi connectivity index (χ1) is 7.56. The first-order valence-electron chi connectivity index (χ1n) is 5.54. The maximum atomic E-state index is 10.7. The van der Waals surface area contributed by atoms with Gasteiger partial charge in [0.1, 0.15) is 5.75 Å². The SMILES string of the molecule is CC[C@H](C)c1ccccc1O[C@H](C)C(=O)O. The van der Waals surface area contributed by atoms with Crippen molar-refractivity contribution in [3.63, 3.8) is 0 Å². The van der Waals surface area contributed by atoms with Crippen LogP contribution in [0.4, 0.5) is 0 Å². The monoisotopic (exact) mass is 222 g/mol. The van der Waals surface area contributed by atoms with E-state index in [1.54, 1.807) is 0 Å². The Kier molecular flexibility index (Phi) is 4.35. The van der Waals surface area contributed by atoms with Crippen molar-refractivity contribution in [1.29, 1.82) is 0 Å². The summed E-state index contributed by atoms with van der Waals surface area (Å²) >= 11 is 0. The number of carboxylic acids is 1. The topological polar surface area (TPSA) is 46.5 Å². The molecule has 1 aromatic carbocycles. The highest BCUT2D eigenvalue weighted by Gasteiger charge is 2.16. The van der Waals surface area contributed by atoms with Crippen LogP contribution in [0.3, 0.4) is 0 Å². The molecule has 16 heavy (non-hydrogen) atoms. The van der Waals surface area contributed by atoms with E-state index in [2.05, 4.69) is 13.8 Å². The summed E-state index contributed by atoms with van der Waals surface area (Å²) in [6.45, 7) is 5.74. The molecule has 3 heteroatoms. The second kappa shape index (κ2) is 5.54. The predicted octanol–water partition coefficient (Wildman–Crippen LogP) is 3.05. The van der Waals surface area contributed by atoms with E-state index in [0.29, 0.717) is 11.7 Å². The van der Waals surface area contributed by atoms with Gasteiger partial charge < -0.3 is 9.84 Å². The fourth-order valence-corrected chi connectivity index (χ4v) is 1.46. The molecule has 0 aliphatic carbocycles. The van der Waals surface area contributed by atoms with Crippen LogP contribution in [0, 0.1) is 0 Å². The van der Waals surface area contributed by atoms with Gasteiger partial charge in [-0.2, -0.15) is 0 Å². The highest BCUT2D eigenvalue weighted by Crippen LogP contribution is 2.28. The number of hydrogen-bond donors (Lipinski definition) is 1. The lowest BCUT2D eigenvalue weighted by atomic mass is 9.98. The van der Waals surface area contributed by atoms with Crippen molar-refractivity contribution in [3.05, 3.63) is 29.8 Å². The number of hydrogen-bond acceptors (Lipinski definition) is 2. The van der Waals surface area contributed by atoms with Gasteiger partial charge in [0.05, 0.1) is 0 Å². The Labute approximate surface area is 96.1 Å². The van der Waals surface area contributed by atoms with Gasteiger partial charge in [0.25, 0.3) is 0 Å². The molecule has 0 bridgehead atoms. The van der Waals surface area contributed by atoms with Gasteiger partial charge in [0, 0.05) is 0 Å². The van der Waals surface area contributed by atoms with Gasteiger partial charge in [-0.1, -0.05) is 32.0 Å². The molecule has 2 atom stereocenters. The van der Waals surface area contributed by atoms with Crippen molar-refractivity contribution in [3.8, 4) is 5.75 Å². The van der Waals surface area contributed by atoms with Crippen LogP contribution in [0.25, 0.3) is 0 Å².